The van der Waals surface area contributed by atoms with Crippen LogP contribution in [-0.2, 0) is 0 Å². The molecule has 3 rings (SSSR count). The summed E-state index contributed by atoms with van der Waals surface area (Å²) in [7, 11) is 0. The van der Waals surface area contributed by atoms with Crippen LogP contribution in [0.3, 0.4) is 0 Å². The smallest absolute Gasteiger partial charge is 0.330 e. The molecule has 0 amide bonds. The third-order valence-corrected chi connectivity index (χ3v) is 2.10. The van der Waals surface area contributed by atoms with Crippen LogP contribution in [0.5, 0.6) is 0 Å². The number of aromatic amines is 1. The monoisotopic (exact) mass is 230 g/mol. The van der Waals surface area contributed by atoms with Crippen molar-refractivity contribution >= 4 is 0 Å². The molecule has 0 radical (unpaired) electrons. The number of aromatic nitrogens is 4. The van der Waals surface area contributed by atoms with Crippen molar-refractivity contribution in [2.45, 2.75) is 0 Å². The number of nitrogens with zero attached hydrogens (tertiary/aromatic N) is 3. The van der Waals surface area contributed by atoms with Gasteiger partial charge >= 0.3 is 5.76 Å². The standard InChI is InChI=1S/C10H6N4O3/c15-10-12-8(14-17-10)9-11-7(13-16-9)6-4-2-1-3-5-6/h1-5H,(H,12,14,15). The molecule has 0 bridgehead atoms. The van der Waals surface area contributed by atoms with Gasteiger partial charge in [-0.15, -0.1) is 0 Å². The summed E-state index contributed by atoms with van der Waals surface area (Å²) in [6.07, 6.45) is 0. The van der Waals surface area contributed by atoms with Gasteiger partial charge in [-0.3, -0.25) is 9.51 Å². The van der Waals surface area contributed by atoms with Gasteiger partial charge in [0.15, 0.2) is 0 Å². The minimum Gasteiger partial charge on any atom is -0.330 e. The highest BCUT2D eigenvalue weighted by Crippen LogP contribution is 2.18. The molecule has 2 aromatic heterocycles. The molecular formula is C10H6N4O3. The Hall–Kier alpha value is -2.70. The second-order valence-corrected chi connectivity index (χ2v) is 3.23. The molecule has 2 heterocycles. The molecule has 1 N–H and O–H groups in total. The van der Waals surface area contributed by atoms with Crippen molar-refractivity contribution in [1.29, 1.82) is 0 Å². The van der Waals surface area contributed by atoms with Crippen LogP contribution in [0.2, 0.25) is 0 Å². The second-order valence-electron chi connectivity index (χ2n) is 3.23. The Bertz CT molecular complexity index is 683. The van der Waals surface area contributed by atoms with E-state index >= 15 is 0 Å². The quantitative estimate of drug-likeness (QED) is 0.707. The van der Waals surface area contributed by atoms with Gasteiger partial charge in [0.1, 0.15) is 0 Å². The van der Waals surface area contributed by atoms with Crippen LogP contribution in [-0.4, -0.2) is 20.3 Å². The third kappa shape index (κ3) is 1.73. The van der Waals surface area contributed by atoms with Gasteiger partial charge in [-0.05, 0) is 5.16 Å². The van der Waals surface area contributed by atoms with E-state index in [0.29, 0.717) is 5.82 Å². The van der Waals surface area contributed by atoms with Gasteiger partial charge in [0, 0.05) is 5.56 Å². The van der Waals surface area contributed by atoms with Crippen LogP contribution < -0.4 is 5.76 Å². The van der Waals surface area contributed by atoms with E-state index in [1.807, 2.05) is 30.3 Å². The molecule has 3 aromatic rings. The van der Waals surface area contributed by atoms with Crippen LogP contribution >= 0.6 is 0 Å². The fourth-order valence-electron chi connectivity index (χ4n) is 1.35. The summed E-state index contributed by atoms with van der Waals surface area (Å²) >= 11 is 0. The number of benzene rings is 1. The summed E-state index contributed by atoms with van der Waals surface area (Å²) < 4.78 is 9.31. The Morgan fingerprint density at radius 1 is 1.06 bits per heavy atom. The molecule has 84 valence electrons. The lowest BCUT2D eigenvalue weighted by Gasteiger charge is -1.89. The molecule has 0 spiro atoms. The van der Waals surface area contributed by atoms with E-state index in [2.05, 4.69) is 24.8 Å². The molecule has 0 aliphatic heterocycles. The average Bonchev–Trinajstić information content (AvgIpc) is 2.98. The molecule has 7 heteroatoms. The first-order valence-electron chi connectivity index (χ1n) is 4.78. The van der Waals surface area contributed by atoms with Crippen molar-refractivity contribution < 1.29 is 9.05 Å². The van der Waals surface area contributed by atoms with Crippen molar-refractivity contribution in [3.05, 3.63) is 40.9 Å². The zero-order valence-electron chi connectivity index (χ0n) is 8.45. The van der Waals surface area contributed by atoms with Crippen LogP contribution in [0.4, 0.5) is 0 Å². The van der Waals surface area contributed by atoms with Crippen molar-refractivity contribution in [3.8, 4) is 23.1 Å². The van der Waals surface area contributed by atoms with Crippen LogP contribution in [0.25, 0.3) is 23.1 Å². The molecular weight excluding hydrogens is 224 g/mol. The number of H-pyrrole nitrogens is 1. The maximum absolute atomic E-state index is 10.8. The number of nitrogens with one attached hydrogen (secondary N) is 1. The van der Waals surface area contributed by atoms with E-state index in [-0.39, 0.29) is 11.7 Å². The maximum Gasteiger partial charge on any atom is 0.439 e. The first-order chi connectivity index (χ1) is 8.33. The Labute approximate surface area is 94.1 Å². The van der Waals surface area contributed by atoms with Gasteiger partial charge < -0.3 is 4.52 Å². The van der Waals surface area contributed by atoms with Gasteiger partial charge in [-0.2, -0.15) is 4.98 Å². The van der Waals surface area contributed by atoms with Gasteiger partial charge in [0.25, 0.3) is 5.89 Å². The van der Waals surface area contributed by atoms with E-state index in [4.69, 9.17) is 4.52 Å². The SMILES string of the molecule is O=c1[nH]c(-c2nc(-c3ccccc3)no2)no1. The number of hydrogen-bond acceptors (Lipinski definition) is 6. The number of rotatable bonds is 2. The van der Waals surface area contributed by atoms with E-state index < -0.39 is 5.76 Å². The molecule has 0 aliphatic carbocycles. The highest BCUT2D eigenvalue weighted by Gasteiger charge is 2.14. The molecule has 0 saturated carbocycles. The van der Waals surface area contributed by atoms with E-state index in [1.54, 1.807) is 0 Å². The van der Waals surface area contributed by atoms with Crippen LogP contribution in [0.15, 0.2) is 44.2 Å². The summed E-state index contributed by atoms with van der Waals surface area (Å²) in [6, 6.07) is 9.31. The molecule has 0 saturated heterocycles. The summed E-state index contributed by atoms with van der Waals surface area (Å²) in [5.41, 5.74) is 0.813. The minimum absolute atomic E-state index is 0.106. The highest BCUT2D eigenvalue weighted by molar-refractivity contribution is 5.56. The molecule has 1 aromatic carbocycles. The van der Waals surface area contributed by atoms with Crippen molar-refractivity contribution in [2.75, 3.05) is 0 Å². The zero-order valence-corrected chi connectivity index (χ0v) is 8.45. The summed E-state index contributed by atoms with van der Waals surface area (Å²) in [4.78, 5) is 17.2. The van der Waals surface area contributed by atoms with Crippen LogP contribution in [0.1, 0.15) is 0 Å². The lowest BCUT2D eigenvalue weighted by Crippen LogP contribution is -1.94. The predicted molar refractivity (Wildman–Crippen MR) is 55.9 cm³/mol. The molecule has 0 unspecified atom stereocenters. The van der Waals surface area contributed by atoms with Gasteiger partial charge in [0.05, 0.1) is 0 Å². The Morgan fingerprint density at radius 3 is 2.59 bits per heavy atom. The zero-order chi connectivity index (χ0) is 11.7. The Balaban J connectivity index is 2.01. The normalized spacial score (nSPS) is 10.6. The van der Waals surface area contributed by atoms with E-state index in [9.17, 15) is 4.79 Å². The molecule has 7 nitrogen and oxygen atoms in total. The first kappa shape index (κ1) is 9.52. The second kappa shape index (κ2) is 3.71. The van der Waals surface area contributed by atoms with Crippen molar-refractivity contribution in [1.82, 2.24) is 20.3 Å². The molecule has 17 heavy (non-hydrogen) atoms. The van der Waals surface area contributed by atoms with E-state index in [0.717, 1.165) is 5.56 Å². The van der Waals surface area contributed by atoms with Crippen molar-refractivity contribution in [3.63, 3.8) is 0 Å². The van der Waals surface area contributed by atoms with Gasteiger partial charge in [0.2, 0.25) is 11.6 Å². The predicted octanol–water partition coefficient (Wildman–Crippen LogP) is 1.08. The van der Waals surface area contributed by atoms with Crippen LogP contribution in [0, 0.1) is 0 Å². The average molecular weight is 230 g/mol. The first-order valence-corrected chi connectivity index (χ1v) is 4.78. The lowest BCUT2D eigenvalue weighted by atomic mass is 10.2. The Morgan fingerprint density at radius 2 is 1.88 bits per heavy atom. The fourth-order valence-corrected chi connectivity index (χ4v) is 1.35. The molecule has 0 fully saturated rings. The minimum atomic E-state index is -0.667. The van der Waals surface area contributed by atoms with Gasteiger partial charge in [-0.1, -0.05) is 35.5 Å². The summed E-state index contributed by atoms with van der Waals surface area (Å²) in [5, 5.41) is 7.24. The van der Waals surface area contributed by atoms with Crippen molar-refractivity contribution in [2.24, 2.45) is 0 Å². The molecule has 0 atom stereocenters. The fraction of sp³-hybridized carbons (Fsp3) is 0. The third-order valence-electron chi connectivity index (χ3n) is 2.10. The number of hydrogen-bond donors (Lipinski definition) is 1. The topological polar surface area (TPSA) is 97.8 Å². The maximum atomic E-state index is 10.8. The van der Waals surface area contributed by atoms with E-state index in [1.165, 1.54) is 0 Å². The lowest BCUT2D eigenvalue weighted by molar-refractivity contribution is 0.382. The largest absolute Gasteiger partial charge is 0.439 e. The summed E-state index contributed by atoms with van der Waals surface area (Å²) in [6.45, 7) is 0. The summed E-state index contributed by atoms with van der Waals surface area (Å²) in [5.74, 6) is -0.0247. The highest BCUT2D eigenvalue weighted by atomic mass is 16.5. The van der Waals surface area contributed by atoms with Gasteiger partial charge in [-0.25, -0.2) is 4.79 Å². The Kier molecular flexibility index (Phi) is 2.08. The molecule has 0 aliphatic rings.